The van der Waals surface area contributed by atoms with E-state index in [1.54, 1.807) is 5.57 Å². The molecule has 0 heterocycles. The van der Waals surface area contributed by atoms with Crippen LogP contribution < -0.4 is 0 Å². The molecule has 168 valence electrons. The van der Waals surface area contributed by atoms with Gasteiger partial charge in [-0.25, -0.2) is 0 Å². The summed E-state index contributed by atoms with van der Waals surface area (Å²) >= 11 is -2.64. The van der Waals surface area contributed by atoms with Crippen molar-refractivity contribution in [3.05, 3.63) is 129 Å². The van der Waals surface area contributed by atoms with Crippen molar-refractivity contribution in [1.82, 2.24) is 0 Å². The summed E-state index contributed by atoms with van der Waals surface area (Å²) in [4.78, 5) is 0. The fraction of sp³-hybridized carbons (Fsp3) is 0.312. The second-order valence-electron chi connectivity index (χ2n) is 10.1. The fourth-order valence-electron chi connectivity index (χ4n) is 6.43. The second kappa shape index (κ2) is 10.4. The quantitative estimate of drug-likeness (QED) is 0.291. The second-order valence-corrected chi connectivity index (χ2v) is 16.6. The summed E-state index contributed by atoms with van der Waals surface area (Å²) < 4.78 is 5.70. The van der Waals surface area contributed by atoms with Gasteiger partial charge >= 0.3 is 204 Å². The number of benzene rings is 3. The van der Waals surface area contributed by atoms with Crippen LogP contribution in [0.15, 0.2) is 112 Å². The molecule has 0 aromatic heterocycles. The molecule has 3 aromatic carbocycles. The van der Waals surface area contributed by atoms with Crippen molar-refractivity contribution < 1.29 is 16.6 Å². The van der Waals surface area contributed by atoms with Gasteiger partial charge in [-0.3, -0.25) is 0 Å². The van der Waals surface area contributed by atoms with Crippen molar-refractivity contribution in [1.29, 1.82) is 0 Å². The molecule has 0 amide bonds. The minimum absolute atomic E-state index is 0.691. The van der Waals surface area contributed by atoms with E-state index in [1.165, 1.54) is 63.0 Å². The predicted molar refractivity (Wildman–Crippen MR) is 138 cm³/mol. The number of hydrogen-bond acceptors (Lipinski definition) is 0. The molecule has 2 aliphatic rings. The van der Waals surface area contributed by atoms with Gasteiger partial charge in [-0.05, 0) is 0 Å². The summed E-state index contributed by atoms with van der Waals surface area (Å²) in [6.07, 6.45) is 9.39. The first-order chi connectivity index (χ1) is 16.3. The molecule has 2 aliphatic carbocycles. The Labute approximate surface area is 203 Å². The molecule has 0 N–H and O–H groups in total. The summed E-state index contributed by atoms with van der Waals surface area (Å²) in [7, 11) is 0. The van der Waals surface area contributed by atoms with E-state index in [1.807, 2.05) is 9.45 Å². The normalized spacial score (nSPS) is 18.2. The Hall–Kier alpha value is -2.15. The molecule has 3 aromatic rings. The van der Waals surface area contributed by atoms with E-state index in [-0.39, 0.29) is 0 Å². The van der Waals surface area contributed by atoms with E-state index in [0.717, 1.165) is 0 Å². The maximum absolute atomic E-state index is 2.75. The molecule has 5 rings (SSSR count). The molecule has 1 unspecified atom stereocenters. The third kappa shape index (κ3) is 5.03. The predicted octanol–water partition coefficient (Wildman–Crippen LogP) is 8.54. The number of rotatable bonds is 8. The average molecular weight is 469 g/mol. The summed E-state index contributed by atoms with van der Waals surface area (Å²) in [5, 5.41) is 0. The Morgan fingerprint density at radius 2 is 1.09 bits per heavy atom. The van der Waals surface area contributed by atoms with Crippen LogP contribution in [-0.2, 0) is 30.8 Å². The molecule has 0 spiro atoms. The molecule has 0 aliphatic heterocycles. The van der Waals surface area contributed by atoms with Crippen LogP contribution in [0.4, 0.5) is 0 Å². The first-order valence-electron chi connectivity index (χ1n) is 12.8. The SMILES string of the molecule is CCC1[C]([Ti]([CH2]c2ccccc2)([CH2]c2ccccc2)[CH2]c2ccccc2)=CC2=C1CCCC2. The fourth-order valence-corrected chi connectivity index (χ4v) is 15.2. The van der Waals surface area contributed by atoms with Crippen molar-refractivity contribution in [2.75, 3.05) is 0 Å². The maximum atomic E-state index is 2.75. The molecule has 0 saturated carbocycles. The Morgan fingerprint density at radius 1 is 0.636 bits per heavy atom. The number of hydrogen-bond donors (Lipinski definition) is 0. The molecule has 0 nitrogen and oxygen atoms in total. The third-order valence-corrected chi connectivity index (χ3v) is 15.6. The van der Waals surface area contributed by atoms with Crippen LogP contribution in [0.25, 0.3) is 0 Å². The van der Waals surface area contributed by atoms with Crippen molar-refractivity contribution in [2.24, 2.45) is 5.92 Å². The van der Waals surface area contributed by atoms with Crippen LogP contribution in [0.3, 0.4) is 0 Å². The Bertz CT molecular complexity index is 1010. The van der Waals surface area contributed by atoms with Gasteiger partial charge in [-0.15, -0.1) is 0 Å². The number of allylic oxidation sites excluding steroid dienone is 4. The third-order valence-electron chi connectivity index (χ3n) is 7.86. The van der Waals surface area contributed by atoms with Crippen molar-refractivity contribution >= 4 is 0 Å². The van der Waals surface area contributed by atoms with Crippen molar-refractivity contribution in [3.63, 3.8) is 0 Å². The standard InChI is InChI=1S/C11H15.3C7H7.Ti/c1-2-9-7-8-10-5-3-4-6-11(9)10;3*1-7-5-3-2-4-6-7;/h8-9H,2-6H2,1H3;3*2-6H,1H2;. The van der Waals surface area contributed by atoms with E-state index >= 15 is 0 Å². The Morgan fingerprint density at radius 3 is 1.55 bits per heavy atom. The zero-order valence-electron chi connectivity index (χ0n) is 20.0. The molecule has 33 heavy (non-hydrogen) atoms. The van der Waals surface area contributed by atoms with E-state index in [0.29, 0.717) is 5.92 Å². The molecule has 0 bridgehead atoms. The minimum atomic E-state index is -2.64. The van der Waals surface area contributed by atoms with Crippen LogP contribution >= 0.6 is 0 Å². The molecular weight excluding hydrogens is 432 g/mol. The van der Waals surface area contributed by atoms with Crippen LogP contribution in [0.2, 0.25) is 0 Å². The molecule has 0 radical (unpaired) electrons. The summed E-state index contributed by atoms with van der Waals surface area (Å²) in [5.74, 6) is 0.691. The zero-order chi connectivity index (χ0) is 22.5. The molecular formula is C32H36Ti. The van der Waals surface area contributed by atoms with E-state index in [4.69, 9.17) is 0 Å². The van der Waals surface area contributed by atoms with Gasteiger partial charge in [-0.2, -0.15) is 0 Å². The van der Waals surface area contributed by atoms with Gasteiger partial charge in [0, 0.05) is 0 Å². The average Bonchev–Trinajstić information content (AvgIpc) is 3.25. The molecule has 0 saturated heterocycles. The first-order valence-corrected chi connectivity index (χ1v) is 16.9. The Kier molecular flexibility index (Phi) is 7.14. The van der Waals surface area contributed by atoms with Crippen LogP contribution in [0, 0.1) is 5.92 Å². The van der Waals surface area contributed by atoms with Gasteiger partial charge in [0.15, 0.2) is 0 Å². The van der Waals surface area contributed by atoms with Gasteiger partial charge in [0.2, 0.25) is 0 Å². The van der Waals surface area contributed by atoms with Gasteiger partial charge in [0.1, 0.15) is 0 Å². The van der Waals surface area contributed by atoms with E-state index in [9.17, 15) is 0 Å². The van der Waals surface area contributed by atoms with Crippen molar-refractivity contribution in [3.8, 4) is 0 Å². The molecule has 1 heteroatoms. The van der Waals surface area contributed by atoms with Crippen LogP contribution in [-0.4, -0.2) is 0 Å². The molecule has 0 fully saturated rings. The zero-order valence-corrected chi connectivity index (χ0v) is 21.5. The monoisotopic (exact) mass is 468 g/mol. The van der Waals surface area contributed by atoms with Gasteiger partial charge in [-0.1, -0.05) is 0 Å². The van der Waals surface area contributed by atoms with Gasteiger partial charge < -0.3 is 0 Å². The topological polar surface area (TPSA) is 0 Å². The summed E-state index contributed by atoms with van der Waals surface area (Å²) in [6.45, 7) is 2.43. The molecule has 1 atom stereocenters. The summed E-state index contributed by atoms with van der Waals surface area (Å²) in [5.41, 5.74) is 8.12. The summed E-state index contributed by atoms with van der Waals surface area (Å²) in [6, 6.07) is 34.1. The van der Waals surface area contributed by atoms with Gasteiger partial charge in [0.25, 0.3) is 0 Å². The van der Waals surface area contributed by atoms with Crippen molar-refractivity contribution in [2.45, 2.75) is 53.2 Å². The first kappa shape index (κ1) is 22.6. The van der Waals surface area contributed by atoms with Gasteiger partial charge in [0.05, 0.1) is 0 Å². The Balaban J connectivity index is 1.64. The van der Waals surface area contributed by atoms with Crippen LogP contribution in [0.1, 0.15) is 55.7 Å². The van der Waals surface area contributed by atoms with E-state index < -0.39 is 16.6 Å². The van der Waals surface area contributed by atoms with E-state index in [2.05, 4.69) is 104 Å². The van der Waals surface area contributed by atoms with Crippen LogP contribution in [0.5, 0.6) is 0 Å².